The molecule has 0 spiro atoms. The van der Waals surface area contributed by atoms with Gasteiger partial charge in [-0.15, -0.1) is 0 Å². The molecule has 0 aliphatic heterocycles. The molecule has 1 heterocycles. The number of aryl methyl sites for hydroxylation is 1. The normalized spacial score (nSPS) is 12.2. The number of amides is 1. The van der Waals surface area contributed by atoms with E-state index in [1.165, 1.54) is 0 Å². The predicted molar refractivity (Wildman–Crippen MR) is 74.7 cm³/mol. The standard InChI is InChI=1S/C15H18N2O3/c1-10-8-13(20-14(10)15(18)17-16)9-19-11(2)12-6-4-3-5-7-12/h3-8,11H,9,16H2,1-2H3,(H,17,18). The summed E-state index contributed by atoms with van der Waals surface area (Å²) in [5.74, 6) is 5.47. The Kier molecular flexibility index (Phi) is 4.55. The second-order valence-electron chi connectivity index (χ2n) is 4.56. The average molecular weight is 274 g/mol. The van der Waals surface area contributed by atoms with E-state index in [0.29, 0.717) is 12.4 Å². The summed E-state index contributed by atoms with van der Waals surface area (Å²) < 4.78 is 11.2. The van der Waals surface area contributed by atoms with E-state index in [2.05, 4.69) is 5.43 Å². The van der Waals surface area contributed by atoms with Gasteiger partial charge in [0.2, 0.25) is 0 Å². The van der Waals surface area contributed by atoms with Crippen molar-refractivity contribution in [3.8, 4) is 0 Å². The van der Waals surface area contributed by atoms with E-state index in [0.717, 1.165) is 11.1 Å². The summed E-state index contributed by atoms with van der Waals surface area (Å²) in [5.41, 5.74) is 3.88. The van der Waals surface area contributed by atoms with Gasteiger partial charge in [-0.05, 0) is 25.5 Å². The van der Waals surface area contributed by atoms with Crippen molar-refractivity contribution in [1.29, 1.82) is 0 Å². The molecule has 1 aromatic heterocycles. The molecule has 0 aliphatic rings. The van der Waals surface area contributed by atoms with E-state index in [1.807, 2.05) is 37.3 Å². The van der Waals surface area contributed by atoms with Crippen molar-refractivity contribution in [3.63, 3.8) is 0 Å². The molecule has 0 fully saturated rings. The molecule has 1 amide bonds. The number of benzene rings is 1. The molecule has 1 aromatic carbocycles. The van der Waals surface area contributed by atoms with E-state index in [9.17, 15) is 4.79 Å². The van der Waals surface area contributed by atoms with Gasteiger partial charge in [-0.2, -0.15) is 0 Å². The topological polar surface area (TPSA) is 77.5 Å². The molecule has 0 aliphatic carbocycles. The van der Waals surface area contributed by atoms with Crippen LogP contribution in [-0.4, -0.2) is 5.91 Å². The van der Waals surface area contributed by atoms with Crippen molar-refractivity contribution in [3.05, 3.63) is 59.0 Å². The number of furan rings is 1. The Morgan fingerprint density at radius 2 is 2.10 bits per heavy atom. The number of nitrogens with one attached hydrogen (secondary N) is 1. The summed E-state index contributed by atoms with van der Waals surface area (Å²) in [4.78, 5) is 11.4. The van der Waals surface area contributed by atoms with Gasteiger partial charge < -0.3 is 9.15 Å². The third-order valence-electron chi connectivity index (χ3n) is 3.05. The zero-order valence-corrected chi connectivity index (χ0v) is 11.6. The molecule has 3 N–H and O–H groups in total. The van der Waals surface area contributed by atoms with Crippen LogP contribution in [0.5, 0.6) is 0 Å². The lowest BCUT2D eigenvalue weighted by Gasteiger charge is -2.12. The number of nitrogens with two attached hydrogens (primary N) is 1. The summed E-state index contributed by atoms with van der Waals surface area (Å²) in [6, 6.07) is 11.7. The van der Waals surface area contributed by atoms with Crippen molar-refractivity contribution in [2.24, 2.45) is 5.84 Å². The lowest BCUT2D eigenvalue weighted by Crippen LogP contribution is -2.30. The minimum Gasteiger partial charge on any atom is -0.453 e. The molecule has 5 nitrogen and oxygen atoms in total. The summed E-state index contributed by atoms with van der Waals surface area (Å²) in [6.07, 6.45) is -0.0478. The van der Waals surface area contributed by atoms with Crippen LogP contribution < -0.4 is 11.3 Å². The largest absolute Gasteiger partial charge is 0.453 e. The molecular weight excluding hydrogens is 256 g/mol. The molecular formula is C15H18N2O3. The van der Waals surface area contributed by atoms with Crippen molar-refractivity contribution < 1.29 is 13.9 Å². The van der Waals surface area contributed by atoms with Crippen LogP contribution in [0.1, 0.15) is 40.5 Å². The van der Waals surface area contributed by atoms with Gasteiger partial charge >= 0.3 is 5.91 Å². The number of nitrogen functional groups attached to an aromatic ring is 1. The smallest absolute Gasteiger partial charge is 0.301 e. The quantitative estimate of drug-likeness (QED) is 0.499. The Bertz CT molecular complexity index is 578. The second-order valence-corrected chi connectivity index (χ2v) is 4.56. The first-order chi connectivity index (χ1) is 9.61. The Morgan fingerprint density at radius 3 is 2.75 bits per heavy atom. The van der Waals surface area contributed by atoms with Gasteiger partial charge in [-0.3, -0.25) is 10.2 Å². The fourth-order valence-electron chi connectivity index (χ4n) is 1.94. The van der Waals surface area contributed by atoms with E-state index < -0.39 is 5.91 Å². The van der Waals surface area contributed by atoms with E-state index in [-0.39, 0.29) is 11.9 Å². The summed E-state index contributed by atoms with van der Waals surface area (Å²) in [6.45, 7) is 4.06. The molecule has 20 heavy (non-hydrogen) atoms. The van der Waals surface area contributed by atoms with Gasteiger partial charge in [0.1, 0.15) is 12.4 Å². The van der Waals surface area contributed by atoms with Crippen LogP contribution in [0.4, 0.5) is 0 Å². The predicted octanol–water partition coefficient (Wildman–Crippen LogP) is 2.47. The van der Waals surface area contributed by atoms with E-state index >= 15 is 0 Å². The summed E-state index contributed by atoms with van der Waals surface area (Å²) >= 11 is 0. The van der Waals surface area contributed by atoms with Crippen LogP contribution in [0.3, 0.4) is 0 Å². The number of hydrogen-bond donors (Lipinski definition) is 2. The highest BCUT2D eigenvalue weighted by atomic mass is 16.5. The van der Waals surface area contributed by atoms with Gasteiger partial charge in [0, 0.05) is 5.56 Å². The number of carbonyl (C=O) groups is 1. The van der Waals surface area contributed by atoms with Crippen LogP contribution in [0, 0.1) is 6.92 Å². The van der Waals surface area contributed by atoms with Crippen LogP contribution in [0.25, 0.3) is 0 Å². The number of hydrogen-bond acceptors (Lipinski definition) is 4. The third-order valence-corrected chi connectivity index (χ3v) is 3.05. The zero-order valence-electron chi connectivity index (χ0n) is 11.6. The highest BCUT2D eigenvalue weighted by Gasteiger charge is 2.15. The van der Waals surface area contributed by atoms with Crippen LogP contribution >= 0.6 is 0 Å². The Hall–Kier alpha value is -2.11. The molecule has 5 heteroatoms. The van der Waals surface area contributed by atoms with E-state index in [1.54, 1.807) is 13.0 Å². The summed E-state index contributed by atoms with van der Waals surface area (Å²) in [7, 11) is 0. The second kappa shape index (κ2) is 6.36. The minimum atomic E-state index is -0.440. The molecule has 0 bridgehead atoms. The highest BCUT2D eigenvalue weighted by Crippen LogP contribution is 2.20. The molecule has 0 radical (unpaired) electrons. The van der Waals surface area contributed by atoms with Gasteiger partial charge in [0.05, 0.1) is 6.10 Å². The Morgan fingerprint density at radius 1 is 1.40 bits per heavy atom. The SMILES string of the molecule is Cc1cc(COC(C)c2ccccc2)oc1C(=O)NN. The molecule has 2 aromatic rings. The fourth-order valence-corrected chi connectivity index (χ4v) is 1.94. The van der Waals surface area contributed by atoms with Crippen molar-refractivity contribution in [2.45, 2.75) is 26.6 Å². The maximum Gasteiger partial charge on any atom is 0.301 e. The van der Waals surface area contributed by atoms with Crippen LogP contribution in [0.2, 0.25) is 0 Å². The maximum atomic E-state index is 11.4. The third kappa shape index (κ3) is 3.26. The number of rotatable bonds is 5. The molecule has 1 unspecified atom stereocenters. The minimum absolute atomic E-state index is 0.0478. The maximum absolute atomic E-state index is 11.4. The first-order valence-electron chi connectivity index (χ1n) is 6.38. The summed E-state index contributed by atoms with van der Waals surface area (Å²) in [5, 5.41) is 0. The molecule has 0 saturated carbocycles. The molecule has 2 rings (SSSR count). The van der Waals surface area contributed by atoms with Gasteiger partial charge in [0.15, 0.2) is 5.76 Å². The number of ether oxygens (including phenoxy) is 1. The highest BCUT2D eigenvalue weighted by molar-refractivity contribution is 5.92. The lowest BCUT2D eigenvalue weighted by molar-refractivity contribution is 0.0413. The Labute approximate surface area is 117 Å². The number of carbonyl (C=O) groups excluding carboxylic acids is 1. The number of hydrazine groups is 1. The van der Waals surface area contributed by atoms with Crippen molar-refractivity contribution >= 4 is 5.91 Å². The Balaban J connectivity index is 1.99. The molecule has 106 valence electrons. The average Bonchev–Trinajstić information content (AvgIpc) is 2.86. The first-order valence-corrected chi connectivity index (χ1v) is 6.38. The van der Waals surface area contributed by atoms with Gasteiger partial charge in [-0.1, -0.05) is 30.3 Å². The van der Waals surface area contributed by atoms with E-state index in [4.69, 9.17) is 15.0 Å². The molecule has 0 saturated heterocycles. The fraction of sp³-hybridized carbons (Fsp3) is 0.267. The van der Waals surface area contributed by atoms with Crippen molar-refractivity contribution in [1.82, 2.24) is 5.43 Å². The first kappa shape index (κ1) is 14.3. The van der Waals surface area contributed by atoms with Crippen LogP contribution in [-0.2, 0) is 11.3 Å². The lowest BCUT2D eigenvalue weighted by atomic mass is 10.1. The molecule has 1 atom stereocenters. The van der Waals surface area contributed by atoms with Crippen molar-refractivity contribution in [2.75, 3.05) is 0 Å². The monoisotopic (exact) mass is 274 g/mol. The van der Waals surface area contributed by atoms with Gasteiger partial charge in [-0.25, -0.2) is 5.84 Å². The van der Waals surface area contributed by atoms with Crippen LogP contribution in [0.15, 0.2) is 40.8 Å². The van der Waals surface area contributed by atoms with Gasteiger partial charge in [0.25, 0.3) is 0 Å². The zero-order chi connectivity index (χ0) is 14.5.